The summed E-state index contributed by atoms with van der Waals surface area (Å²) in [6, 6.07) is 4.72. The van der Waals surface area contributed by atoms with Crippen molar-refractivity contribution in [1.29, 1.82) is 0 Å². The number of pyridine rings is 1. The molecule has 0 saturated carbocycles. The molecule has 1 N–H and O–H groups in total. The molecular weight excluding hydrogens is 547 g/mol. The van der Waals surface area contributed by atoms with Crippen molar-refractivity contribution in [3.8, 4) is 11.4 Å². The van der Waals surface area contributed by atoms with Crippen molar-refractivity contribution in [2.45, 2.75) is 19.1 Å². The molecule has 5 rings (SSSR count). The average molecular weight is 575 g/mol. The topological polar surface area (TPSA) is 118 Å². The second-order valence-electron chi connectivity index (χ2n) is 9.52. The maximum absolute atomic E-state index is 15.5. The molecule has 11 nitrogen and oxygen atoms in total. The van der Waals surface area contributed by atoms with E-state index in [1.807, 2.05) is 4.90 Å². The van der Waals surface area contributed by atoms with Crippen LogP contribution in [-0.4, -0.2) is 77.0 Å². The molecular formula is C25H28ClFN8O3S. The fourth-order valence-electron chi connectivity index (χ4n) is 4.60. The van der Waals surface area contributed by atoms with Crippen LogP contribution in [0.3, 0.4) is 0 Å². The van der Waals surface area contributed by atoms with Crippen molar-refractivity contribution < 1.29 is 17.5 Å². The van der Waals surface area contributed by atoms with E-state index in [1.54, 1.807) is 56.4 Å². The Hall–Kier alpha value is -3.39. The Morgan fingerprint density at radius 3 is 2.62 bits per heavy atom. The second kappa shape index (κ2) is 10.3. The highest BCUT2D eigenvalue weighted by atomic mass is 35.5. The lowest BCUT2D eigenvalue weighted by molar-refractivity contribution is 0.117. The van der Waals surface area contributed by atoms with Crippen LogP contribution < -0.4 is 10.2 Å². The Kier molecular flexibility index (Phi) is 7.18. The average Bonchev–Trinajstić information content (AvgIpc) is 3.20. The number of aryl methyl sites for hydroxylation is 1. The first kappa shape index (κ1) is 27.2. The number of ether oxygens (including phenoxy) is 1. The molecule has 3 aromatic heterocycles. The molecule has 39 heavy (non-hydrogen) atoms. The van der Waals surface area contributed by atoms with Gasteiger partial charge in [0.2, 0.25) is 10.0 Å². The number of anilines is 3. The molecule has 1 aromatic carbocycles. The maximum atomic E-state index is 15.5. The fraction of sp³-hybridized carbons (Fsp3) is 0.360. The summed E-state index contributed by atoms with van der Waals surface area (Å²) in [6.07, 6.45) is 5.66. The molecule has 1 saturated heterocycles. The van der Waals surface area contributed by atoms with Gasteiger partial charge in [0.1, 0.15) is 17.5 Å². The number of hydrogen-bond donors (Lipinski definition) is 1. The summed E-state index contributed by atoms with van der Waals surface area (Å²) in [6.45, 7) is 2.66. The van der Waals surface area contributed by atoms with E-state index in [2.05, 4.69) is 25.4 Å². The number of nitrogens with zero attached hydrogens (tertiary/aromatic N) is 7. The first-order valence-corrected chi connectivity index (χ1v) is 14.3. The minimum atomic E-state index is -3.32. The van der Waals surface area contributed by atoms with Crippen LogP contribution in [0.2, 0.25) is 5.15 Å². The van der Waals surface area contributed by atoms with Gasteiger partial charge < -0.3 is 15.0 Å². The largest absolute Gasteiger partial charge is 0.377 e. The molecule has 1 aliphatic heterocycles. The Bertz CT molecular complexity index is 1660. The van der Waals surface area contributed by atoms with Gasteiger partial charge in [0, 0.05) is 69.5 Å². The molecule has 0 amide bonds. The van der Waals surface area contributed by atoms with Crippen molar-refractivity contribution >= 4 is 49.7 Å². The molecule has 4 aromatic rings. The van der Waals surface area contributed by atoms with Gasteiger partial charge in [-0.25, -0.2) is 27.8 Å². The van der Waals surface area contributed by atoms with Gasteiger partial charge in [0.15, 0.2) is 11.0 Å². The molecule has 14 heteroatoms. The Morgan fingerprint density at radius 2 is 1.97 bits per heavy atom. The van der Waals surface area contributed by atoms with E-state index in [4.69, 9.17) is 16.3 Å². The van der Waals surface area contributed by atoms with E-state index in [1.165, 1.54) is 23.7 Å². The molecule has 0 unspecified atom stereocenters. The zero-order valence-electron chi connectivity index (χ0n) is 22.1. The predicted molar refractivity (Wildman–Crippen MR) is 148 cm³/mol. The van der Waals surface area contributed by atoms with Gasteiger partial charge in [-0.1, -0.05) is 11.6 Å². The number of methoxy groups -OCH3 is 1. The molecule has 4 heterocycles. The van der Waals surface area contributed by atoms with Crippen LogP contribution in [0.5, 0.6) is 0 Å². The third kappa shape index (κ3) is 5.26. The van der Waals surface area contributed by atoms with Crippen molar-refractivity contribution in [2.24, 2.45) is 7.05 Å². The van der Waals surface area contributed by atoms with Crippen LogP contribution >= 0.6 is 11.6 Å². The third-order valence-electron chi connectivity index (χ3n) is 6.93. The maximum Gasteiger partial charge on any atom is 0.211 e. The van der Waals surface area contributed by atoms with Crippen LogP contribution in [0.4, 0.5) is 21.7 Å². The summed E-state index contributed by atoms with van der Waals surface area (Å²) in [7, 11) is 1.51. The molecule has 0 radical (unpaired) electrons. The number of hydrogen-bond acceptors (Lipinski definition) is 9. The zero-order valence-corrected chi connectivity index (χ0v) is 23.6. The molecule has 1 fully saturated rings. The molecule has 0 bridgehead atoms. The van der Waals surface area contributed by atoms with E-state index in [0.29, 0.717) is 52.8 Å². The quantitative estimate of drug-likeness (QED) is 0.335. The van der Waals surface area contributed by atoms with Crippen LogP contribution in [0.1, 0.15) is 18.6 Å². The Balaban J connectivity index is 1.50. The number of benzene rings is 1. The Morgan fingerprint density at radius 1 is 1.23 bits per heavy atom. The first-order valence-electron chi connectivity index (χ1n) is 12.1. The molecule has 206 valence electrons. The summed E-state index contributed by atoms with van der Waals surface area (Å²) in [5.41, 5.74) is 1.63. The molecule has 0 spiro atoms. The summed E-state index contributed by atoms with van der Waals surface area (Å²) < 4.78 is 47.8. The minimum absolute atomic E-state index is 0.190. The van der Waals surface area contributed by atoms with E-state index in [-0.39, 0.29) is 11.2 Å². The van der Waals surface area contributed by atoms with Gasteiger partial charge in [-0.2, -0.15) is 9.40 Å². The van der Waals surface area contributed by atoms with Gasteiger partial charge in [0.25, 0.3) is 0 Å². The highest BCUT2D eigenvalue weighted by Gasteiger charge is 2.35. The minimum Gasteiger partial charge on any atom is -0.377 e. The SMILES string of the molecule is CO[C@@H](C)c1c(F)cc(N2CC(N(C)S(C)(=O)=O)C2)c2cnc(Nc3ccnc(-c4cn(C)nc4Cl)n3)cc12. The smallest absolute Gasteiger partial charge is 0.211 e. The van der Waals surface area contributed by atoms with Gasteiger partial charge in [-0.3, -0.25) is 4.68 Å². The van der Waals surface area contributed by atoms with Crippen LogP contribution in [-0.2, 0) is 21.8 Å². The molecule has 1 aliphatic rings. The lowest BCUT2D eigenvalue weighted by atomic mass is 9.97. The number of sulfonamides is 1. The van der Waals surface area contributed by atoms with Crippen molar-refractivity contribution in [2.75, 3.05) is 43.7 Å². The summed E-state index contributed by atoms with van der Waals surface area (Å²) in [5, 5.41) is 8.93. The van der Waals surface area contributed by atoms with E-state index in [0.717, 1.165) is 5.39 Å². The standard InChI is InChI=1S/C25H28ClFN8O3S/c1-14(38-4)23-16-8-22(30-21-6-7-28-25(31-21)18-13-33(2)32-24(18)26)29-10-17(16)20(9-19(23)27)35-11-15(12-35)34(3)39(5,36)37/h6-10,13-15H,11-12H2,1-5H3,(H,28,29,30,31)/t14-/m0/s1. The summed E-state index contributed by atoms with van der Waals surface area (Å²) in [4.78, 5) is 15.3. The summed E-state index contributed by atoms with van der Waals surface area (Å²) >= 11 is 6.21. The van der Waals surface area contributed by atoms with Gasteiger partial charge in [-0.05, 0) is 30.5 Å². The van der Waals surface area contributed by atoms with Gasteiger partial charge >= 0.3 is 0 Å². The van der Waals surface area contributed by atoms with Gasteiger partial charge in [0.05, 0.1) is 24.0 Å². The fourth-order valence-corrected chi connectivity index (χ4v) is 5.53. The first-order chi connectivity index (χ1) is 18.5. The number of nitrogens with one attached hydrogen (secondary N) is 1. The lowest BCUT2D eigenvalue weighted by Crippen LogP contribution is -2.59. The van der Waals surface area contributed by atoms with Crippen molar-refractivity contribution in [3.63, 3.8) is 0 Å². The lowest BCUT2D eigenvalue weighted by Gasteiger charge is -2.45. The Labute approximate surface area is 230 Å². The van der Waals surface area contributed by atoms with Crippen LogP contribution in [0.25, 0.3) is 22.2 Å². The normalized spacial score (nSPS) is 15.1. The number of likely N-dealkylation sites (N-methyl/N-ethyl adjacent to an activating group) is 1. The third-order valence-corrected chi connectivity index (χ3v) is 8.55. The number of aromatic nitrogens is 5. The number of rotatable bonds is 8. The van der Waals surface area contributed by atoms with E-state index >= 15 is 4.39 Å². The van der Waals surface area contributed by atoms with Crippen molar-refractivity contribution in [1.82, 2.24) is 29.0 Å². The monoisotopic (exact) mass is 574 g/mol. The number of fused-ring (bicyclic) bond motifs is 1. The van der Waals surface area contributed by atoms with Crippen LogP contribution in [0.15, 0.2) is 36.8 Å². The zero-order chi connectivity index (χ0) is 28.1. The van der Waals surface area contributed by atoms with Crippen LogP contribution in [0, 0.1) is 5.82 Å². The molecule has 1 atom stereocenters. The van der Waals surface area contributed by atoms with E-state index in [9.17, 15) is 8.42 Å². The van der Waals surface area contributed by atoms with E-state index < -0.39 is 21.9 Å². The molecule has 0 aliphatic carbocycles. The van der Waals surface area contributed by atoms with Crippen molar-refractivity contribution in [3.05, 3.63) is 53.3 Å². The predicted octanol–water partition coefficient (Wildman–Crippen LogP) is 3.75. The highest BCUT2D eigenvalue weighted by Crippen LogP contribution is 2.38. The highest BCUT2D eigenvalue weighted by molar-refractivity contribution is 7.88. The summed E-state index contributed by atoms with van der Waals surface area (Å²) in [5.74, 6) is 0.898. The second-order valence-corrected chi connectivity index (χ2v) is 11.9. The van der Waals surface area contributed by atoms with Gasteiger partial charge in [-0.15, -0.1) is 0 Å². The number of halogens is 2.